The van der Waals surface area contributed by atoms with Crippen molar-refractivity contribution in [3.63, 3.8) is 0 Å². The number of aromatic nitrogens is 1. The minimum absolute atomic E-state index is 0.0223. The first kappa shape index (κ1) is 20.4. The molecule has 0 unspecified atom stereocenters. The third-order valence-electron chi connectivity index (χ3n) is 5.10. The first-order valence-corrected chi connectivity index (χ1v) is 9.81. The summed E-state index contributed by atoms with van der Waals surface area (Å²) in [6, 6.07) is 12.6. The lowest BCUT2D eigenvalue weighted by Crippen LogP contribution is -2.46. The number of hydrogen-bond acceptors (Lipinski definition) is 6. The third-order valence-corrected chi connectivity index (χ3v) is 5.10. The first-order valence-electron chi connectivity index (χ1n) is 9.81. The van der Waals surface area contributed by atoms with Crippen LogP contribution >= 0.6 is 0 Å². The van der Waals surface area contributed by atoms with Crippen molar-refractivity contribution in [2.24, 2.45) is 15.9 Å². The van der Waals surface area contributed by atoms with Gasteiger partial charge >= 0.3 is 0 Å². The van der Waals surface area contributed by atoms with Gasteiger partial charge in [-0.15, -0.1) is 0 Å². The second-order valence-corrected chi connectivity index (χ2v) is 7.07. The summed E-state index contributed by atoms with van der Waals surface area (Å²) in [5, 5.41) is 7.10. The SMILES string of the molecule is NN=C(C=Nc1ccc(C(=O)N2CCNCC2)cc1)c1cc2c(F)cccc2[nH]c1=O. The van der Waals surface area contributed by atoms with E-state index >= 15 is 0 Å². The van der Waals surface area contributed by atoms with Crippen molar-refractivity contribution >= 4 is 34.4 Å². The van der Waals surface area contributed by atoms with Gasteiger partial charge in [0.25, 0.3) is 11.5 Å². The van der Waals surface area contributed by atoms with Crippen LogP contribution in [0.3, 0.4) is 0 Å². The van der Waals surface area contributed by atoms with Gasteiger partial charge in [0.05, 0.1) is 23.0 Å². The zero-order valence-electron chi connectivity index (χ0n) is 16.6. The predicted molar refractivity (Wildman–Crippen MR) is 119 cm³/mol. The Labute approximate surface area is 177 Å². The normalized spacial score (nSPS) is 15.0. The third kappa shape index (κ3) is 4.36. The molecule has 4 N–H and O–H groups in total. The minimum Gasteiger partial charge on any atom is -0.336 e. The summed E-state index contributed by atoms with van der Waals surface area (Å²) >= 11 is 0. The van der Waals surface area contributed by atoms with Crippen molar-refractivity contribution in [2.75, 3.05) is 26.2 Å². The molecule has 0 aliphatic carbocycles. The summed E-state index contributed by atoms with van der Waals surface area (Å²) < 4.78 is 14.1. The van der Waals surface area contributed by atoms with E-state index in [9.17, 15) is 14.0 Å². The Kier molecular flexibility index (Phi) is 5.85. The molecule has 0 bridgehead atoms. The molecule has 0 atom stereocenters. The van der Waals surface area contributed by atoms with Crippen LogP contribution in [0.15, 0.2) is 63.4 Å². The van der Waals surface area contributed by atoms with Crippen molar-refractivity contribution in [1.29, 1.82) is 0 Å². The Morgan fingerprint density at radius 3 is 2.58 bits per heavy atom. The van der Waals surface area contributed by atoms with E-state index in [1.165, 1.54) is 24.4 Å². The fourth-order valence-electron chi connectivity index (χ4n) is 3.43. The van der Waals surface area contributed by atoms with E-state index in [1.54, 1.807) is 35.2 Å². The number of H-pyrrole nitrogens is 1. The molecule has 158 valence electrons. The number of fused-ring (bicyclic) bond motifs is 1. The van der Waals surface area contributed by atoms with Gasteiger partial charge in [-0.25, -0.2) is 4.39 Å². The Bertz CT molecular complexity index is 1230. The molecule has 8 nitrogen and oxygen atoms in total. The van der Waals surface area contributed by atoms with Crippen LogP contribution in [0.4, 0.5) is 10.1 Å². The van der Waals surface area contributed by atoms with E-state index < -0.39 is 11.4 Å². The molecule has 1 saturated heterocycles. The molecule has 1 amide bonds. The largest absolute Gasteiger partial charge is 0.336 e. The van der Waals surface area contributed by atoms with E-state index in [4.69, 9.17) is 5.84 Å². The van der Waals surface area contributed by atoms with Gasteiger partial charge in [-0.05, 0) is 42.5 Å². The fourth-order valence-corrected chi connectivity index (χ4v) is 3.43. The minimum atomic E-state index is -0.465. The van der Waals surface area contributed by atoms with Crippen LogP contribution in [-0.4, -0.2) is 53.9 Å². The summed E-state index contributed by atoms with van der Waals surface area (Å²) in [7, 11) is 0. The highest BCUT2D eigenvalue weighted by Crippen LogP contribution is 2.17. The Morgan fingerprint density at radius 2 is 1.87 bits per heavy atom. The summed E-state index contributed by atoms with van der Waals surface area (Å²) in [5.74, 6) is 4.97. The van der Waals surface area contributed by atoms with Crippen LogP contribution < -0.4 is 16.7 Å². The van der Waals surface area contributed by atoms with Crippen molar-refractivity contribution < 1.29 is 9.18 Å². The Balaban J connectivity index is 1.55. The number of carbonyl (C=O) groups is 1. The number of nitrogens with zero attached hydrogens (tertiary/aromatic N) is 3. The summed E-state index contributed by atoms with van der Waals surface area (Å²) in [6.45, 7) is 2.92. The highest BCUT2D eigenvalue weighted by molar-refractivity contribution is 6.38. The topological polar surface area (TPSA) is 116 Å². The maximum Gasteiger partial charge on any atom is 0.258 e. The lowest BCUT2D eigenvalue weighted by atomic mass is 10.1. The first-order chi connectivity index (χ1) is 15.1. The van der Waals surface area contributed by atoms with E-state index in [0.717, 1.165) is 13.1 Å². The van der Waals surface area contributed by atoms with E-state index in [1.807, 2.05) is 0 Å². The lowest BCUT2D eigenvalue weighted by molar-refractivity contribution is 0.0736. The second-order valence-electron chi connectivity index (χ2n) is 7.07. The van der Waals surface area contributed by atoms with Crippen LogP contribution in [0.2, 0.25) is 0 Å². The van der Waals surface area contributed by atoms with Crippen LogP contribution in [0.1, 0.15) is 15.9 Å². The van der Waals surface area contributed by atoms with Crippen molar-refractivity contribution in [1.82, 2.24) is 15.2 Å². The van der Waals surface area contributed by atoms with Crippen LogP contribution in [0, 0.1) is 5.82 Å². The lowest BCUT2D eigenvalue weighted by Gasteiger charge is -2.27. The molecule has 3 aromatic rings. The molecule has 2 heterocycles. The molecule has 1 aliphatic rings. The number of pyridine rings is 1. The number of aliphatic imine (C=N–C) groups is 1. The molecule has 1 aliphatic heterocycles. The zero-order valence-corrected chi connectivity index (χ0v) is 16.6. The smallest absolute Gasteiger partial charge is 0.258 e. The number of carbonyl (C=O) groups excluding carboxylic acids is 1. The summed E-state index contributed by atoms with van der Waals surface area (Å²) in [4.78, 5) is 33.7. The maximum absolute atomic E-state index is 14.1. The number of benzene rings is 2. The molecule has 4 rings (SSSR count). The van der Waals surface area contributed by atoms with Crippen molar-refractivity contribution in [3.8, 4) is 0 Å². The average Bonchev–Trinajstić information content (AvgIpc) is 2.80. The van der Waals surface area contributed by atoms with Gasteiger partial charge < -0.3 is 21.0 Å². The molecule has 0 spiro atoms. The number of halogens is 1. The number of aromatic amines is 1. The highest BCUT2D eigenvalue weighted by Gasteiger charge is 2.17. The molecule has 31 heavy (non-hydrogen) atoms. The van der Waals surface area contributed by atoms with Gasteiger partial charge in [-0.1, -0.05) is 6.07 Å². The van der Waals surface area contributed by atoms with Crippen molar-refractivity contribution in [2.45, 2.75) is 0 Å². The number of amides is 1. The van der Waals surface area contributed by atoms with E-state index in [0.29, 0.717) is 29.9 Å². The average molecular weight is 420 g/mol. The van der Waals surface area contributed by atoms with Gasteiger partial charge in [0.1, 0.15) is 11.5 Å². The molecule has 9 heteroatoms. The molecule has 1 fully saturated rings. The predicted octanol–water partition coefficient (Wildman–Crippen LogP) is 1.78. The van der Waals surface area contributed by atoms with Crippen LogP contribution in [0.25, 0.3) is 10.9 Å². The summed E-state index contributed by atoms with van der Waals surface area (Å²) in [6.07, 6.45) is 1.34. The highest BCUT2D eigenvalue weighted by atomic mass is 19.1. The van der Waals surface area contributed by atoms with Gasteiger partial charge in [-0.3, -0.25) is 14.6 Å². The zero-order chi connectivity index (χ0) is 21.8. The van der Waals surface area contributed by atoms with Gasteiger partial charge in [0, 0.05) is 37.1 Å². The van der Waals surface area contributed by atoms with Crippen LogP contribution in [0.5, 0.6) is 0 Å². The van der Waals surface area contributed by atoms with E-state index in [2.05, 4.69) is 20.4 Å². The molecular weight excluding hydrogens is 399 g/mol. The second kappa shape index (κ2) is 8.88. The molecule has 0 radical (unpaired) electrons. The van der Waals surface area contributed by atoms with Gasteiger partial charge in [-0.2, -0.15) is 5.10 Å². The number of hydrogen-bond donors (Lipinski definition) is 3. The number of nitrogens with two attached hydrogens (primary N) is 1. The quantitative estimate of drug-likeness (QED) is 0.339. The Hall–Kier alpha value is -3.85. The number of hydrazone groups is 1. The standard InChI is InChI=1S/C22H21FN6O2/c23-18-2-1-3-19-16(18)12-17(21(30)27-19)20(28-24)13-26-15-6-4-14(5-7-15)22(31)29-10-8-25-9-11-29/h1-7,12-13,25H,8-11,24H2,(H,27,30). The van der Waals surface area contributed by atoms with E-state index in [-0.39, 0.29) is 22.6 Å². The van der Waals surface area contributed by atoms with Crippen LogP contribution in [-0.2, 0) is 0 Å². The number of nitrogens with one attached hydrogen (secondary N) is 2. The Morgan fingerprint density at radius 1 is 1.13 bits per heavy atom. The molecule has 0 saturated carbocycles. The summed E-state index contributed by atoms with van der Waals surface area (Å²) in [5.41, 5.74) is 1.27. The maximum atomic E-state index is 14.1. The molecule has 1 aromatic heterocycles. The monoisotopic (exact) mass is 420 g/mol. The number of rotatable bonds is 4. The molecule has 2 aromatic carbocycles. The fraction of sp³-hybridized carbons (Fsp3) is 0.182. The van der Waals surface area contributed by atoms with Gasteiger partial charge in [0.15, 0.2) is 0 Å². The van der Waals surface area contributed by atoms with Crippen molar-refractivity contribution in [3.05, 3.63) is 75.8 Å². The number of piperazine rings is 1. The van der Waals surface area contributed by atoms with Gasteiger partial charge in [0.2, 0.25) is 0 Å². The molecular formula is C22H21FN6O2.